The highest BCUT2D eigenvalue weighted by atomic mass is 35.5. The second-order valence-electron chi connectivity index (χ2n) is 6.24. The fourth-order valence-corrected chi connectivity index (χ4v) is 2.99. The lowest BCUT2D eigenvalue weighted by atomic mass is 10.1. The van der Waals surface area contributed by atoms with E-state index in [1.54, 1.807) is 16.8 Å². The van der Waals surface area contributed by atoms with Crippen LogP contribution in [0.1, 0.15) is 24.2 Å². The Balaban J connectivity index is 1.64. The predicted octanol–water partition coefficient (Wildman–Crippen LogP) is 4.78. The van der Waals surface area contributed by atoms with Gasteiger partial charge >= 0.3 is 0 Å². The number of hydrogen-bond acceptors (Lipinski definition) is 3. The molecule has 1 atom stereocenters. The highest BCUT2D eigenvalue weighted by Gasteiger charge is 2.13. The number of nitrogens with one attached hydrogen (secondary N) is 2. The minimum Gasteiger partial charge on any atom is -0.309 e. The van der Waals surface area contributed by atoms with Crippen molar-refractivity contribution in [3.05, 3.63) is 75.9 Å². The third-order valence-corrected chi connectivity index (χ3v) is 4.85. The Hall–Kier alpha value is -2.34. The molecule has 0 spiro atoms. The van der Waals surface area contributed by atoms with Crippen molar-refractivity contribution in [3.63, 3.8) is 0 Å². The van der Waals surface area contributed by atoms with E-state index >= 15 is 0 Å². The molecule has 3 rings (SSSR count). The molecule has 3 aromatic rings. The average Bonchev–Trinajstić information content (AvgIpc) is 3.02. The van der Waals surface area contributed by atoms with Crippen molar-refractivity contribution in [3.8, 4) is 5.69 Å². The van der Waals surface area contributed by atoms with Gasteiger partial charge in [-0.1, -0.05) is 47.5 Å². The van der Waals surface area contributed by atoms with E-state index in [1.165, 1.54) is 0 Å². The van der Waals surface area contributed by atoms with E-state index in [0.717, 1.165) is 16.9 Å². The predicted molar refractivity (Wildman–Crippen MR) is 110 cm³/mol. The lowest BCUT2D eigenvalue weighted by molar-refractivity contribution is -0.115. The number of nitrogens with zero attached hydrogens (tertiary/aromatic N) is 2. The quantitative estimate of drug-likeness (QED) is 0.623. The summed E-state index contributed by atoms with van der Waals surface area (Å²) >= 11 is 12.0. The molecule has 0 unspecified atom stereocenters. The number of amides is 1. The second-order valence-corrected chi connectivity index (χ2v) is 7.06. The monoisotopic (exact) mass is 402 g/mol. The van der Waals surface area contributed by atoms with Gasteiger partial charge in [-0.15, -0.1) is 0 Å². The first-order valence-electron chi connectivity index (χ1n) is 8.54. The van der Waals surface area contributed by atoms with E-state index in [4.69, 9.17) is 23.2 Å². The zero-order valence-electron chi connectivity index (χ0n) is 15.0. The first kappa shape index (κ1) is 19.4. The van der Waals surface area contributed by atoms with Crippen molar-refractivity contribution in [2.75, 3.05) is 11.9 Å². The van der Waals surface area contributed by atoms with Crippen molar-refractivity contribution in [2.45, 2.75) is 19.9 Å². The molecule has 1 heterocycles. The fraction of sp³-hybridized carbons (Fsp3) is 0.200. The first-order chi connectivity index (χ1) is 12.9. The summed E-state index contributed by atoms with van der Waals surface area (Å²) in [5.41, 5.74) is 2.67. The summed E-state index contributed by atoms with van der Waals surface area (Å²) in [6.07, 6.45) is 0. The largest absolute Gasteiger partial charge is 0.309 e. The van der Waals surface area contributed by atoms with Gasteiger partial charge in [-0.05, 0) is 43.7 Å². The van der Waals surface area contributed by atoms with Gasteiger partial charge in [-0.25, -0.2) is 4.68 Å². The van der Waals surface area contributed by atoms with Gasteiger partial charge in [0.15, 0.2) is 0 Å². The third-order valence-electron chi connectivity index (χ3n) is 4.11. The van der Waals surface area contributed by atoms with Crippen LogP contribution < -0.4 is 10.6 Å². The van der Waals surface area contributed by atoms with Gasteiger partial charge in [0.05, 0.1) is 28.0 Å². The maximum absolute atomic E-state index is 12.4. The lowest BCUT2D eigenvalue weighted by Gasteiger charge is -2.15. The molecule has 1 aromatic heterocycles. The van der Waals surface area contributed by atoms with Crippen molar-refractivity contribution in [1.82, 2.24) is 15.1 Å². The van der Waals surface area contributed by atoms with Crippen molar-refractivity contribution in [2.24, 2.45) is 0 Å². The minimum absolute atomic E-state index is 0.0497. The number of aromatic nitrogens is 2. The van der Waals surface area contributed by atoms with Gasteiger partial charge in [0.25, 0.3) is 0 Å². The molecule has 0 radical (unpaired) electrons. The molecule has 1 amide bonds. The maximum Gasteiger partial charge on any atom is 0.239 e. The van der Waals surface area contributed by atoms with E-state index in [1.807, 2.05) is 56.3 Å². The number of rotatable bonds is 6. The number of para-hydroxylation sites is 1. The summed E-state index contributed by atoms with van der Waals surface area (Å²) in [4.78, 5) is 12.4. The molecule has 0 bridgehead atoms. The molecule has 7 heteroatoms. The number of halogens is 2. The molecular formula is C20H20Cl2N4O. The molecule has 2 N–H and O–H groups in total. The Morgan fingerprint density at radius 2 is 1.85 bits per heavy atom. The molecule has 0 aliphatic heterocycles. The third kappa shape index (κ3) is 4.89. The van der Waals surface area contributed by atoms with Crippen molar-refractivity contribution in [1.29, 1.82) is 0 Å². The van der Waals surface area contributed by atoms with E-state index in [0.29, 0.717) is 15.9 Å². The zero-order chi connectivity index (χ0) is 19.4. The highest BCUT2D eigenvalue weighted by molar-refractivity contribution is 6.42. The maximum atomic E-state index is 12.4. The fourth-order valence-electron chi connectivity index (χ4n) is 2.69. The topological polar surface area (TPSA) is 59.0 Å². The standard InChI is InChI=1S/C20H20Cl2N4O/c1-13-10-19(26(25-13)16-6-4-3-5-7-16)24-20(27)12-23-14(2)15-8-9-17(21)18(22)11-15/h3-11,14,23H,12H2,1-2H3,(H,24,27)/t14-/m1/s1. The molecular weight excluding hydrogens is 383 g/mol. The number of hydrogen-bond donors (Lipinski definition) is 2. The van der Waals surface area contributed by atoms with Crippen LogP contribution in [-0.4, -0.2) is 22.2 Å². The van der Waals surface area contributed by atoms with Crippen LogP contribution in [0.4, 0.5) is 5.82 Å². The molecule has 2 aromatic carbocycles. The van der Waals surface area contributed by atoms with Gasteiger partial charge in [-0.2, -0.15) is 5.10 Å². The average molecular weight is 403 g/mol. The molecule has 5 nitrogen and oxygen atoms in total. The highest BCUT2D eigenvalue weighted by Crippen LogP contribution is 2.25. The number of carbonyl (C=O) groups is 1. The summed E-state index contributed by atoms with van der Waals surface area (Å²) in [5, 5.41) is 11.6. The van der Waals surface area contributed by atoms with Crippen molar-refractivity contribution >= 4 is 34.9 Å². The molecule has 0 saturated heterocycles. The summed E-state index contributed by atoms with van der Waals surface area (Å²) in [7, 11) is 0. The SMILES string of the molecule is Cc1cc(NC(=O)CN[C@H](C)c2ccc(Cl)c(Cl)c2)n(-c2ccccc2)n1. The Kier molecular flexibility index (Phi) is 6.16. The van der Waals surface area contributed by atoms with Gasteiger partial charge < -0.3 is 10.6 Å². The Morgan fingerprint density at radius 3 is 2.56 bits per heavy atom. The minimum atomic E-state index is -0.154. The van der Waals surface area contributed by atoms with E-state index < -0.39 is 0 Å². The van der Waals surface area contributed by atoms with Crippen LogP contribution in [0.15, 0.2) is 54.6 Å². The summed E-state index contributed by atoms with van der Waals surface area (Å²) in [6.45, 7) is 4.01. The summed E-state index contributed by atoms with van der Waals surface area (Å²) in [6, 6.07) is 16.9. The molecule has 0 saturated carbocycles. The van der Waals surface area contributed by atoms with Gasteiger partial charge in [0, 0.05) is 12.1 Å². The molecule has 27 heavy (non-hydrogen) atoms. The second kappa shape index (κ2) is 8.57. The molecule has 0 aliphatic carbocycles. The van der Waals surface area contributed by atoms with Gasteiger partial charge in [0.2, 0.25) is 5.91 Å². The van der Waals surface area contributed by atoms with Crippen LogP contribution in [0.3, 0.4) is 0 Å². The normalized spacial score (nSPS) is 12.0. The molecule has 140 valence electrons. The number of anilines is 1. The summed E-state index contributed by atoms with van der Waals surface area (Å²) < 4.78 is 1.72. The molecule has 0 aliphatic rings. The van der Waals surface area contributed by atoms with Gasteiger partial charge in [0.1, 0.15) is 5.82 Å². The van der Waals surface area contributed by atoms with Crippen LogP contribution in [0, 0.1) is 6.92 Å². The summed E-state index contributed by atoms with van der Waals surface area (Å²) in [5.74, 6) is 0.478. The lowest BCUT2D eigenvalue weighted by Crippen LogP contribution is -2.30. The number of benzene rings is 2. The smallest absolute Gasteiger partial charge is 0.239 e. The Labute approximate surface area is 168 Å². The van der Waals surface area contributed by atoms with Crippen LogP contribution in [0.2, 0.25) is 10.0 Å². The van der Waals surface area contributed by atoms with Crippen LogP contribution >= 0.6 is 23.2 Å². The van der Waals surface area contributed by atoms with Crippen LogP contribution in [0.25, 0.3) is 5.69 Å². The van der Waals surface area contributed by atoms with Crippen molar-refractivity contribution < 1.29 is 4.79 Å². The first-order valence-corrected chi connectivity index (χ1v) is 9.30. The van der Waals surface area contributed by atoms with Crippen LogP contribution in [-0.2, 0) is 4.79 Å². The van der Waals surface area contributed by atoms with Crippen LogP contribution in [0.5, 0.6) is 0 Å². The van der Waals surface area contributed by atoms with Gasteiger partial charge in [-0.3, -0.25) is 4.79 Å². The zero-order valence-corrected chi connectivity index (χ0v) is 16.6. The van der Waals surface area contributed by atoms with E-state index in [9.17, 15) is 4.79 Å². The number of aryl methyl sites for hydroxylation is 1. The van der Waals surface area contributed by atoms with E-state index in [2.05, 4.69) is 15.7 Å². The molecule has 0 fully saturated rings. The Morgan fingerprint density at radius 1 is 1.11 bits per heavy atom. The number of carbonyl (C=O) groups excluding carboxylic acids is 1. The Bertz CT molecular complexity index is 940. The van der Waals surface area contributed by atoms with E-state index in [-0.39, 0.29) is 18.5 Å².